The third kappa shape index (κ3) is 3.36. The predicted molar refractivity (Wildman–Crippen MR) is 73.7 cm³/mol. The summed E-state index contributed by atoms with van der Waals surface area (Å²) in [5.41, 5.74) is -0.481. The van der Waals surface area contributed by atoms with Gasteiger partial charge in [-0.25, -0.2) is 4.98 Å². The maximum Gasteiger partial charge on any atom is 0.319 e. The molecule has 0 aromatic carbocycles. The fourth-order valence-electron chi connectivity index (χ4n) is 1.90. The molecule has 2 rings (SSSR count). The van der Waals surface area contributed by atoms with Crippen LogP contribution < -0.4 is 5.32 Å². The molecule has 0 saturated carbocycles. The zero-order chi connectivity index (χ0) is 13.8. The van der Waals surface area contributed by atoms with E-state index in [-0.39, 0.29) is 16.8 Å². The van der Waals surface area contributed by atoms with Gasteiger partial charge in [-0.15, -0.1) is 0 Å². The first-order valence-corrected chi connectivity index (χ1v) is 7.30. The fraction of sp³-hybridized carbons (Fsp3) is 0.455. The number of hydrogen-bond acceptors (Lipinski definition) is 5. The molecular formula is C11H12ClN3O3S. The first-order valence-electron chi connectivity index (χ1n) is 5.77. The molecule has 2 heterocycles. The van der Waals surface area contributed by atoms with Crippen molar-refractivity contribution in [3.63, 3.8) is 0 Å². The summed E-state index contributed by atoms with van der Waals surface area (Å²) in [6, 6.07) is 1.37. The lowest BCUT2D eigenvalue weighted by Crippen LogP contribution is -2.38. The summed E-state index contributed by atoms with van der Waals surface area (Å²) >= 11 is 7.44. The van der Waals surface area contributed by atoms with E-state index in [0.29, 0.717) is 0 Å². The van der Waals surface area contributed by atoms with Gasteiger partial charge >= 0.3 is 5.69 Å². The maximum absolute atomic E-state index is 12.1. The van der Waals surface area contributed by atoms with Crippen molar-refractivity contribution in [2.45, 2.75) is 18.9 Å². The number of amides is 1. The normalized spacial score (nSPS) is 18.9. The van der Waals surface area contributed by atoms with E-state index < -0.39 is 16.5 Å². The van der Waals surface area contributed by atoms with Crippen molar-refractivity contribution >= 4 is 35.0 Å². The van der Waals surface area contributed by atoms with Crippen LogP contribution in [-0.4, -0.2) is 33.4 Å². The largest absolute Gasteiger partial charge is 0.348 e. The second-order valence-corrected chi connectivity index (χ2v) is 5.65. The first kappa shape index (κ1) is 14.1. The number of aromatic nitrogens is 1. The molecule has 1 fully saturated rings. The molecule has 0 radical (unpaired) electrons. The second kappa shape index (κ2) is 6.21. The Morgan fingerprint density at radius 1 is 1.63 bits per heavy atom. The number of rotatable bonds is 3. The van der Waals surface area contributed by atoms with Crippen LogP contribution in [0.25, 0.3) is 0 Å². The van der Waals surface area contributed by atoms with Gasteiger partial charge in [0.1, 0.15) is 5.56 Å². The van der Waals surface area contributed by atoms with Gasteiger partial charge in [0.15, 0.2) is 0 Å². The molecule has 1 aliphatic heterocycles. The van der Waals surface area contributed by atoms with Gasteiger partial charge in [-0.05, 0) is 24.7 Å². The molecule has 1 aromatic rings. The molecule has 1 unspecified atom stereocenters. The van der Waals surface area contributed by atoms with E-state index in [9.17, 15) is 14.9 Å². The molecule has 8 heteroatoms. The van der Waals surface area contributed by atoms with E-state index in [1.807, 2.05) is 0 Å². The van der Waals surface area contributed by atoms with Crippen LogP contribution in [0.3, 0.4) is 0 Å². The predicted octanol–water partition coefficient (Wildman–Crippen LogP) is 2.27. The first-order chi connectivity index (χ1) is 9.09. The number of thioether (sulfide) groups is 1. The van der Waals surface area contributed by atoms with Crippen LogP contribution in [0, 0.1) is 10.1 Å². The van der Waals surface area contributed by atoms with Crippen LogP contribution in [0.15, 0.2) is 12.3 Å². The van der Waals surface area contributed by atoms with E-state index in [1.54, 1.807) is 11.8 Å². The molecule has 0 spiro atoms. The third-order valence-electron chi connectivity index (χ3n) is 2.80. The van der Waals surface area contributed by atoms with Crippen molar-refractivity contribution in [3.8, 4) is 0 Å². The van der Waals surface area contributed by atoms with Crippen LogP contribution in [0.1, 0.15) is 23.2 Å². The van der Waals surface area contributed by atoms with Gasteiger partial charge in [0.05, 0.1) is 4.92 Å². The van der Waals surface area contributed by atoms with E-state index >= 15 is 0 Å². The Morgan fingerprint density at radius 2 is 2.42 bits per heavy atom. The molecule has 1 amide bonds. The Labute approximate surface area is 119 Å². The summed E-state index contributed by atoms with van der Waals surface area (Å²) in [4.78, 5) is 26.0. The van der Waals surface area contributed by atoms with Crippen molar-refractivity contribution in [1.29, 1.82) is 0 Å². The summed E-state index contributed by atoms with van der Waals surface area (Å²) in [5, 5.41) is 13.5. The maximum atomic E-state index is 12.1. The number of hydrogen-bond donors (Lipinski definition) is 1. The number of nitrogens with one attached hydrogen (secondary N) is 1. The van der Waals surface area contributed by atoms with Gasteiger partial charge in [-0.3, -0.25) is 14.9 Å². The fourth-order valence-corrected chi connectivity index (χ4v) is 3.20. The molecule has 19 heavy (non-hydrogen) atoms. The molecule has 102 valence electrons. The highest BCUT2D eigenvalue weighted by atomic mass is 35.5. The highest BCUT2D eigenvalue weighted by molar-refractivity contribution is 7.99. The highest BCUT2D eigenvalue weighted by Gasteiger charge is 2.26. The van der Waals surface area contributed by atoms with Gasteiger partial charge in [-0.1, -0.05) is 11.6 Å². The zero-order valence-corrected chi connectivity index (χ0v) is 11.5. The summed E-state index contributed by atoms with van der Waals surface area (Å²) in [6.07, 6.45) is 3.22. The van der Waals surface area contributed by atoms with Gasteiger partial charge in [0, 0.05) is 18.0 Å². The van der Waals surface area contributed by atoms with Crippen LogP contribution in [0.5, 0.6) is 0 Å². The Balaban J connectivity index is 2.18. The van der Waals surface area contributed by atoms with Gasteiger partial charge in [0.25, 0.3) is 5.91 Å². The summed E-state index contributed by atoms with van der Waals surface area (Å²) in [7, 11) is 0. The molecule has 1 atom stereocenters. The SMILES string of the molecule is O=C(NC1CCCSC1)c1ccnc(Cl)c1[N+](=O)[O-]. The molecule has 1 saturated heterocycles. The topological polar surface area (TPSA) is 85.1 Å². The summed E-state index contributed by atoms with van der Waals surface area (Å²) < 4.78 is 0. The minimum atomic E-state index is -0.681. The number of carbonyl (C=O) groups excluding carboxylic acids is 1. The summed E-state index contributed by atoms with van der Waals surface area (Å²) in [6.45, 7) is 0. The van der Waals surface area contributed by atoms with Crippen molar-refractivity contribution < 1.29 is 9.72 Å². The van der Waals surface area contributed by atoms with E-state index in [4.69, 9.17) is 11.6 Å². The monoisotopic (exact) mass is 301 g/mol. The molecular weight excluding hydrogens is 290 g/mol. The Morgan fingerprint density at radius 3 is 3.05 bits per heavy atom. The van der Waals surface area contributed by atoms with Crippen molar-refractivity contribution in [3.05, 3.63) is 33.1 Å². The van der Waals surface area contributed by atoms with Crippen molar-refractivity contribution in [2.75, 3.05) is 11.5 Å². The smallest absolute Gasteiger partial charge is 0.319 e. The number of nitro groups is 1. The van der Waals surface area contributed by atoms with Crippen molar-refractivity contribution in [2.24, 2.45) is 0 Å². The van der Waals surface area contributed by atoms with Gasteiger partial charge in [0.2, 0.25) is 5.15 Å². The standard InChI is InChI=1S/C11H12ClN3O3S/c12-10-9(15(17)18)8(3-4-13-10)11(16)14-7-2-1-5-19-6-7/h3-4,7H,1-2,5-6H2,(H,14,16). The highest BCUT2D eigenvalue weighted by Crippen LogP contribution is 2.26. The Kier molecular flexibility index (Phi) is 4.60. The van der Waals surface area contributed by atoms with Crippen LogP contribution in [-0.2, 0) is 0 Å². The molecule has 1 aromatic heterocycles. The Hall–Kier alpha value is -1.34. The quantitative estimate of drug-likeness (QED) is 0.526. The van der Waals surface area contributed by atoms with Crippen LogP contribution in [0.4, 0.5) is 5.69 Å². The zero-order valence-electron chi connectivity index (χ0n) is 9.97. The molecule has 1 aliphatic rings. The average Bonchev–Trinajstić information content (AvgIpc) is 2.39. The van der Waals surface area contributed by atoms with E-state index in [2.05, 4.69) is 10.3 Å². The number of nitrogens with zero attached hydrogens (tertiary/aromatic N) is 2. The number of pyridine rings is 1. The second-order valence-electron chi connectivity index (χ2n) is 4.14. The lowest BCUT2D eigenvalue weighted by molar-refractivity contribution is -0.385. The average molecular weight is 302 g/mol. The number of carbonyl (C=O) groups is 1. The van der Waals surface area contributed by atoms with E-state index in [0.717, 1.165) is 24.3 Å². The number of halogens is 1. The van der Waals surface area contributed by atoms with Crippen LogP contribution in [0.2, 0.25) is 5.15 Å². The minimum Gasteiger partial charge on any atom is -0.348 e. The van der Waals surface area contributed by atoms with Gasteiger partial charge in [-0.2, -0.15) is 11.8 Å². The molecule has 0 aliphatic carbocycles. The lowest BCUT2D eigenvalue weighted by Gasteiger charge is -2.22. The minimum absolute atomic E-state index is 0.0411. The summed E-state index contributed by atoms with van der Waals surface area (Å²) in [5.74, 6) is 1.45. The lowest BCUT2D eigenvalue weighted by atomic mass is 10.1. The van der Waals surface area contributed by atoms with Crippen molar-refractivity contribution in [1.82, 2.24) is 10.3 Å². The molecule has 1 N–H and O–H groups in total. The van der Waals surface area contributed by atoms with Gasteiger partial charge < -0.3 is 5.32 Å². The molecule has 0 bridgehead atoms. The Bertz CT molecular complexity index is 506. The third-order valence-corrected chi connectivity index (χ3v) is 4.29. The van der Waals surface area contributed by atoms with E-state index in [1.165, 1.54) is 12.3 Å². The van der Waals surface area contributed by atoms with Crippen LogP contribution >= 0.6 is 23.4 Å². The molecule has 6 nitrogen and oxygen atoms in total.